The summed E-state index contributed by atoms with van der Waals surface area (Å²) in [6, 6.07) is 42.6. The lowest BCUT2D eigenvalue weighted by atomic mass is 10.1. The molecule has 1 aromatic heterocycles. The molecule has 3 nitrogen and oxygen atoms in total. The summed E-state index contributed by atoms with van der Waals surface area (Å²) in [5.74, 6) is 0. The van der Waals surface area contributed by atoms with Crippen LogP contribution in [0.5, 0.6) is 0 Å². The van der Waals surface area contributed by atoms with Crippen LogP contribution in [0.2, 0.25) is 0 Å². The lowest BCUT2D eigenvalue weighted by Crippen LogP contribution is -2.16. The molecule has 0 fully saturated rings. The van der Waals surface area contributed by atoms with Crippen LogP contribution in [0.4, 0.5) is 22.7 Å². The molecule has 176 valence electrons. The maximum Gasteiger partial charge on any atom is 0.136 e. The van der Waals surface area contributed by atoms with Gasteiger partial charge in [0.1, 0.15) is 11.2 Å². The molecule has 0 spiro atoms. The third kappa shape index (κ3) is 4.37. The number of furan rings is 1. The summed E-state index contributed by atoms with van der Waals surface area (Å²) in [5.41, 5.74) is 6.46. The first-order chi connectivity index (χ1) is 17.7. The maximum absolute atomic E-state index is 6.25. The molecule has 0 aliphatic rings. The highest BCUT2D eigenvalue weighted by atomic mass is 31.1. The number of para-hydroxylation sites is 4. The van der Waals surface area contributed by atoms with E-state index in [4.69, 9.17) is 4.42 Å². The average molecular weight is 505 g/mol. The number of fused-ring (bicyclic) bond motifs is 3. The van der Waals surface area contributed by atoms with Gasteiger partial charge in [-0.05, 0) is 71.3 Å². The van der Waals surface area contributed by atoms with Gasteiger partial charge >= 0.3 is 0 Å². The second kappa shape index (κ2) is 9.78. The van der Waals surface area contributed by atoms with Gasteiger partial charge in [0.05, 0.1) is 11.4 Å². The molecule has 36 heavy (non-hydrogen) atoms. The van der Waals surface area contributed by atoms with Crippen molar-refractivity contribution in [3.63, 3.8) is 0 Å². The molecule has 2 unspecified atom stereocenters. The molecular weight excluding hydrogens is 478 g/mol. The van der Waals surface area contributed by atoms with Crippen molar-refractivity contribution in [3.8, 4) is 0 Å². The zero-order valence-electron chi connectivity index (χ0n) is 19.9. The van der Waals surface area contributed by atoms with Crippen molar-refractivity contribution in [3.05, 3.63) is 121 Å². The van der Waals surface area contributed by atoms with Crippen molar-refractivity contribution in [2.45, 2.75) is 0 Å². The fourth-order valence-corrected chi connectivity index (χ4v) is 6.01. The molecule has 0 aliphatic carbocycles. The average Bonchev–Trinajstić information content (AvgIpc) is 3.29. The summed E-state index contributed by atoms with van der Waals surface area (Å²) in [6.45, 7) is 0. The van der Waals surface area contributed by atoms with E-state index in [1.54, 1.807) is 0 Å². The summed E-state index contributed by atoms with van der Waals surface area (Å²) in [6.07, 6.45) is 0. The Morgan fingerprint density at radius 3 is 1.92 bits per heavy atom. The van der Waals surface area contributed by atoms with E-state index in [1.165, 1.54) is 5.30 Å². The van der Waals surface area contributed by atoms with E-state index in [0.717, 1.165) is 50.0 Å². The van der Waals surface area contributed by atoms with Crippen LogP contribution in [-0.2, 0) is 0 Å². The third-order valence-corrected chi connectivity index (χ3v) is 8.03. The summed E-state index contributed by atoms with van der Waals surface area (Å²) in [5, 5.41) is 4.64. The highest BCUT2D eigenvalue weighted by Gasteiger charge is 2.18. The molecule has 5 aromatic carbocycles. The van der Waals surface area contributed by atoms with Gasteiger partial charge in [-0.15, -0.1) is 9.24 Å². The second-order valence-corrected chi connectivity index (χ2v) is 10.6. The van der Waals surface area contributed by atoms with Crippen molar-refractivity contribution in [2.75, 3.05) is 16.6 Å². The van der Waals surface area contributed by atoms with E-state index in [1.807, 2.05) is 0 Å². The molecular formula is C31H26N2OP2. The van der Waals surface area contributed by atoms with Crippen molar-refractivity contribution in [1.29, 1.82) is 0 Å². The van der Waals surface area contributed by atoms with E-state index < -0.39 is 0 Å². The summed E-state index contributed by atoms with van der Waals surface area (Å²) < 4.78 is 8.65. The van der Waals surface area contributed by atoms with Gasteiger partial charge in [-0.3, -0.25) is 0 Å². The maximum atomic E-state index is 6.25. The standard InChI is InChI=1S/C31H26N2OP2/c1-32(22-10-4-2-5-11-22)28-14-8-9-15-29(28)33(23-12-6-3-7-13-23)36-25-17-19-27-26-18-16-24(35)20-30(26)34-31(27)21-25/h2-21,36H,35H2,1H3. The van der Waals surface area contributed by atoms with E-state index in [-0.39, 0.29) is 0 Å². The van der Waals surface area contributed by atoms with E-state index >= 15 is 0 Å². The molecule has 0 aliphatic heterocycles. The third-order valence-electron chi connectivity index (χ3n) is 6.38. The van der Waals surface area contributed by atoms with Crippen molar-refractivity contribution < 1.29 is 4.42 Å². The molecule has 5 heteroatoms. The Labute approximate surface area is 215 Å². The minimum atomic E-state index is 0.388. The first kappa shape index (κ1) is 22.8. The van der Waals surface area contributed by atoms with Gasteiger partial charge in [-0.1, -0.05) is 60.7 Å². The van der Waals surface area contributed by atoms with Gasteiger partial charge in [-0.25, -0.2) is 0 Å². The Kier molecular flexibility index (Phi) is 6.20. The molecule has 1 heterocycles. The number of anilines is 4. The number of hydrogen-bond acceptors (Lipinski definition) is 3. The zero-order chi connectivity index (χ0) is 24.5. The molecule has 0 radical (unpaired) electrons. The molecule has 6 aromatic rings. The SMILES string of the molecule is CN(c1ccccc1)c1ccccc1N(Pc1ccc2c(c1)oc1cc(P)ccc12)c1ccccc1. The van der Waals surface area contributed by atoms with Crippen LogP contribution in [0, 0.1) is 0 Å². The molecule has 0 amide bonds. The van der Waals surface area contributed by atoms with Crippen molar-refractivity contribution in [1.82, 2.24) is 0 Å². The highest BCUT2D eigenvalue weighted by molar-refractivity contribution is 7.49. The minimum Gasteiger partial charge on any atom is -0.456 e. The van der Waals surface area contributed by atoms with Crippen LogP contribution >= 0.6 is 18.0 Å². The van der Waals surface area contributed by atoms with E-state index in [0.29, 0.717) is 8.73 Å². The second-order valence-electron chi connectivity index (χ2n) is 8.73. The van der Waals surface area contributed by atoms with Crippen LogP contribution in [-0.4, -0.2) is 7.05 Å². The Balaban J connectivity index is 1.44. The van der Waals surface area contributed by atoms with Gasteiger partial charge in [0.25, 0.3) is 0 Å². The van der Waals surface area contributed by atoms with Crippen molar-refractivity contribution in [2.24, 2.45) is 0 Å². The van der Waals surface area contributed by atoms with E-state index in [2.05, 4.69) is 147 Å². The molecule has 0 saturated carbocycles. The Morgan fingerprint density at radius 1 is 0.611 bits per heavy atom. The smallest absolute Gasteiger partial charge is 0.136 e. The first-order valence-corrected chi connectivity index (χ1v) is 13.4. The molecule has 0 N–H and O–H groups in total. The lowest BCUT2D eigenvalue weighted by Gasteiger charge is -2.30. The number of benzene rings is 5. The normalized spacial score (nSPS) is 11.5. The Bertz CT molecular complexity index is 1650. The fraction of sp³-hybridized carbons (Fsp3) is 0.0323. The Hall–Kier alpha value is -3.64. The predicted molar refractivity (Wildman–Crippen MR) is 161 cm³/mol. The first-order valence-electron chi connectivity index (χ1n) is 11.9. The van der Waals surface area contributed by atoms with Gasteiger partial charge in [-0.2, -0.15) is 0 Å². The molecule has 6 rings (SSSR count). The van der Waals surface area contributed by atoms with E-state index in [9.17, 15) is 0 Å². The topological polar surface area (TPSA) is 19.6 Å². The number of hydrogen-bond donors (Lipinski definition) is 0. The monoisotopic (exact) mass is 504 g/mol. The molecule has 2 atom stereocenters. The minimum absolute atomic E-state index is 0.388. The van der Waals surface area contributed by atoms with Gasteiger partial charge in [0.2, 0.25) is 0 Å². The summed E-state index contributed by atoms with van der Waals surface area (Å²) in [4.78, 5) is 2.25. The number of rotatable bonds is 6. The van der Waals surface area contributed by atoms with Crippen LogP contribution in [0.1, 0.15) is 0 Å². The number of nitrogens with zero attached hydrogens (tertiary/aromatic N) is 2. The van der Waals surface area contributed by atoms with Gasteiger partial charge in [0, 0.05) is 37.9 Å². The highest BCUT2D eigenvalue weighted by Crippen LogP contribution is 2.43. The van der Waals surface area contributed by atoms with Gasteiger partial charge < -0.3 is 14.0 Å². The van der Waals surface area contributed by atoms with Crippen LogP contribution in [0.15, 0.2) is 126 Å². The Morgan fingerprint density at radius 2 is 1.19 bits per heavy atom. The largest absolute Gasteiger partial charge is 0.456 e. The van der Waals surface area contributed by atoms with Crippen LogP contribution in [0.3, 0.4) is 0 Å². The molecule has 0 bridgehead atoms. The van der Waals surface area contributed by atoms with Crippen molar-refractivity contribution >= 4 is 73.3 Å². The fourth-order valence-electron chi connectivity index (χ4n) is 4.56. The quantitative estimate of drug-likeness (QED) is 0.215. The van der Waals surface area contributed by atoms with Crippen LogP contribution in [0.25, 0.3) is 21.9 Å². The lowest BCUT2D eigenvalue weighted by molar-refractivity contribution is 0.669. The van der Waals surface area contributed by atoms with Crippen LogP contribution < -0.4 is 20.2 Å². The predicted octanol–water partition coefficient (Wildman–Crippen LogP) is 7.91. The summed E-state index contributed by atoms with van der Waals surface area (Å²) in [7, 11) is 5.26. The zero-order valence-corrected chi connectivity index (χ0v) is 22.1. The molecule has 0 saturated heterocycles. The summed E-state index contributed by atoms with van der Waals surface area (Å²) >= 11 is 0. The van der Waals surface area contributed by atoms with Gasteiger partial charge in [0.15, 0.2) is 0 Å².